The number of aliphatic hydroxyl groups is 3. The Kier molecular flexibility index (Phi) is 8.44. The molecule has 6 N–H and O–H groups in total. The fourth-order valence-electron chi connectivity index (χ4n) is 4.05. The fraction of sp³-hybridized carbons (Fsp3) is 0.480. The lowest BCUT2D eigenvalue weighted by atomic mass is 9.85. The molecule has 192 valence electrons. The Balaban J connectivity index is 1.68. The van der Waals surface area contributed by atoms with E-state index < -0.39 is 36.7 Å². The molecule has 10 nitrogen and oxygen atoms in total. The zero-order valence-corrected chi connectivity index (χ0v) is 19.7. The molecule has 0 unspecified atom stereocenters. The first-order valence-corrected chi connectivity index (χ1v) is 11.3. The molecule has 7 atom stereocenters. The smallest absolute Gasteiger partial charge is 0.335 e. The second-order valence-corrected chi connectivity index (χ2v) is 9.02. The minimum atomic E-state index is -1.80. The monoisotopic (exact) mass is 492 g/mol. The quantitative estimate of drug-likeness (QED) is 0.282. The van der Waals surface area contributed by atoms with Crippen LogP contribution < -0.4 is 9.47 Å². The molecule has 3 rings (SSSR count). The molecule has 0 spiro atoms. The van der Waals surface area contributed by atoms with Crippen LogP contribution >= 0.6 is 0 Å². The Morgan fingerprint density at radius 3 is 2.06 bits per heavy atom. The molecule has 0 aliphatic carbocycles. The predicted molar refractivity (Wildman–Crippen MR) is 123 cm³/mol. The highest BCUT2D eigenvalue weighted by molar-refractivity contribution is 5.73. The highest BCUT2D eigenvalue weighted by Gasteiger charge is 2.48. The zero-order chi connectivity index (χ0) is 25.9. The minimum Gasteiger partial charge on any atom is -0.504 e. The highest BCUT2D eigenvalue weighted by Crippen LogP contribution is 2.34. The molecule has 0 bridgehead atoms. The number of aliphatic hydroxyl groups excluding tert-OH is 3. The number of aliphatic carboxylic acids is 1. The lowest BCUT2D eigenvalue weighted by Gasteiger charge is -2.38. The van der Waals surface area contributed by atoms with E-state index in [0.717, 1.165) is 11.1 Å². The van der Waals surface area contributed by atoms with Gasteiger partial charge in [-0.15, -0.1) is 0 Å². The maximum Gasteiger partial charge on any atom is 0.335 e. The Morgan fingerprint density at radius 1 is 0.886 bits per heavy atom. The van der Waals surface area contributed by atoms with Gasteiger partial charge in [0.15, 0.2) is 29.1 Å². The van der Waals surface area contributed by atoms with Gasteiger partial charge in [0.25, 0.3) is 0 Å². The van der Waals surface area contributed by atoms with Crippen molar-refractivity contribution in [1.82, 2.24) is 0 Å². The number of hydrogen-bond donors (Lipinski definition) is 6. The fourth-order valence-corrected chi connectivity index (χ4v) is 4.05. The van der Waals surface area contributed by atoms with Crippen molar-refractivity contribution in [3.63, 3.8) is 0 Å². The Hall–Kier alpha value is -3.05. The van der Waals surface area contributed by atoms with Crippen molar-refractivity contribution in [3.8, 4) is 23.0 Å². The van der Waals surface area contributed by atoms with Crippen LogP contribution in [0.2, 0.25) is 0 Å². The van der Waals surface area contributed by atoms with Crippen molar-refractivity contribution in [2.75, 3.05) is 7.11 Å². The van der Waals surface area contributed by atoms with Crippen LogP contribution in [0.25, 0.3) is 0 Å². The number of aromatic hydroxyl groups is 2. The number of rotatable bonds is 9. The first-order chi connectivity index (χ1) is 16.5. The zero-order valence-electron chi connectivity index (χ0n) is 19.7. The molecule has 2 aromatic carbocycles. The second-order valence-electron chi connectivity index (χ2n) is 9.02. The largest absolute Gasteiger partial charge is 0.504 e. The molecule has 0 saturated carbocycles. The number of carbonyl (C=O) groups is 1. The van der Waals surface area contributed by atoms with E-state index in [4.69, 9.17) is 14.2 Å². The third kappa shape index (κ3) is 6.15. The molecule has 1 saturated heterocycles. The van der Waals surface area contributed by atoms with Crippen molar-refractivity contribution in [2.45, 2.75) is 57.4 Å². The van der Waals surface area contributed by atoms with Gasteiger partial charge in [0.1, 0.15) is 18.3 Å². The molecule has 1 aliphatic heterocycles. The average molecular weight is 493 g/mol. The van der Waals surface area contributed by atoms with Gasteiger partial charge in [0, 0.05) is 0 Å². The summed E-state index contributed by atoms with van der Waals surface area (Å²) in [6, 6.07) is 9.98. The molecular weight excluding hydrogens is 460 g/mol. The van der Waals surface area contributed by atoms with E-state index in [2.05, 4.69) is 13.8 Å². The summed E-state index contributed by atoms with van der Waals surface area (Å²) in [7, 11) is 1.44. The van der Waals surface area contributed by atoms with Gasteiger partial charge >= 0.3 is 5.97 Å². The van der Waals surface area contributed by atoms with Crippen LogP contribution in [-0.2, 0) is 22.4 Å². The van der Waals surface area contributed by atoms with Gasteiger partial charge in [-0.25, -0.2) is 4.79 Å². The third-order valence-electron chi connectivity index (χ3n) is 6.41. The molecule has 2 aromatic rings. The number of phenols is 2. The minimum absolute atomic E-state index is 0.147. The van der Waals surface area contributed by atoms with E-state index >= 15 is 0 Å². The van der Waals surface area contributed by atoms with Crippen molar-refractivity contribution >= 4 is 5.97 Å². The Bertz CT molecular complexity index is 1030. The summed E-state index contributed by atoms with van der Waals surface area (Å²) in [4.78, 5) is 11.3. The number of carboxylic acids is 1. The molecule has 0 radical (unpaired) electrons. The number of hydrogen-bond acceptors (Lipinski definition) is 9. The summed E-state index contributed by atoms with van der Waals surface area (Å²) in [5.41, 5.74) is 1.87. The summed E-state index contributed by atoms with van der Waals surface area (Å²) in [6.45, 7) is 4.20. The maximum absolute atomic E-state index is 11.3. The van der Waals surface area contributed by atoms with E-state index in [9.17, 15) is 35.4 Å². The number of ether oxygens (including phenoxy) is 3. The second kappa shape index (κ2) is 11.1. The van der Waals surface area contributed by atoms with Crippen molar-refractivity contribution < 1.29 is 49.6 Å². The van der Waals surface area contributed by atoms with Crippen LogP contribution in [-0.4, -0.2) is 74.4 Å². The van der Waals surface area contributed by atoms with E-state index in [1.807, 2.05) is 6.07 Å². The average Bonchev–Trinajstić information content (AvgIpc) is 2.82. The summed E-state index contributed by atoms with van der Waals surface area (Å²) in [5.74, 6) is -0.788. The number of benzene rings is 2. The Labute approximate surface area is 202 Å². The van der Waals surface area contributed by atoms with E-state index in [1.54, 1.807) is 24.3 Å². The van der Waals surface area contributed by atoms with Crippen molar-refractivity contribution in [3.05, 3.63) is 47.5 Å². The van der Waals surface area contributed by atoms with Crippen LogP contribution in [0.5, 0.6) is 23.0 Å². The van der Waals surface area contributed by atoms with Crippen molar-refractivity contribution in [2.24, 2.45) is 11.8 Å². The van der Waals surface area contributed by atoms with Crippen molar-refractivity contribution in [1.29, 1.82) is 0 Å². The number of carboxylic acid groups (broad SMARTS) is 1. The topological polar surface area (TPSA) is 166 Å². The first kappa shape index (κ1) is 26.6. The van der Waals surface area contributed by atoms with Crippen LogP contribution in [0.3, 0.4) is 0 Å². The molecule has 10 heteroatoms. The molecule has 0 amide bonds. The molecule has 0 aromatic heterocycles. The molecule has 35 heavy (non-hydrogen) atoms. The lowest BCUT2D eigenvalue weighted by molar-refractivity contribution is -0.271. The summed E-state index contributed by atoms with van der Waals surface area (Å²) >= 11 is 0. The third-order valence-corrected chi connectivity index (χ3v) is 6.41. The van der Waals surface area contributed by atoms with Gasteiger partial charge in [0.2, 0.25) is 6.29 Å². The molecule has 1 aliphatic rings. The lowest BCUT2D eigenvalue weighted by Crippen LogP contribution is -2.61. The van der Waals surface area contributed by atoms with Crippen LogP contribution in [0.4, 0.5) is 0 Å². The van der Waals surface area contributed by atoms with Gasteiger partial charge < -0.3 is 44.8 Å². The van der Waals surface area contributed by atoms with Gasteiger partial charge in [-0.2, -0.15) is 0 Å². The molecule has 1 heterocycles. The van der Waals surface area contributed by atoms with E-state index in [0.29, 0.717) is 18.6 Å². The van der Waals surface area contributed by atoms with Gasteiger partial charge in [0.05, 0.1) is 7.11 Å². The highest BCUT2D eigenvalue weighted by atomic mass is 16.7. The van der Waals surface area contributed by atoms with Gasteiger partial charge in [-0.3, -0.25) is 0 Å². The summed E-state index contributed by atoms with van der Waals surface area (Å²) in [6.07, 6.45) is -7.13. The van der Waals surface area contributed by atoms with Crippen LogP contribution in [0, 0.1) is 11.8 Å². The van der Waals surface area contributed by atoms with Crippen LogP contribution in [0.1, 0.15) is 25.0 Å². The summed E-state index contributed by atoms with van der Waals surface area (Å²) in [5, 5.41) is 58.4. The standard InChI is InChI=1S/C25H32O10/c1-12(8-14-4-6-16(26)17(27)10-14)13(2)9-15-5-7-18(19(11-15)33-3)34-25-22(30)20(28)21(29)23(35-25)24(31)32/h4-7,10-13,20-23,25-30H,8-9H2,1-3H3,(H,31,32)/t12-,13+,20-,21-,22+,23-,25+/m0/s1. The van der Waals surface area contributed by atoms with Crippen LogP contribution in [0.15, 0.2) is 36.4 Å². The SMILES string of the molecule is COc1cc(C[C@@H](C)[C@@H](C)Cc2ccc(O)c(O)c2)ccc1O[C@@H]1O[C@H](C(=O)O)[C@@H](O)[C@H](O)[C@H]1O. The first-order valence-electron chi connectivity index (χ1n) is 11.3. The van der Waals surface area contributed by atoms with E-state index in [-0.39, 0.29) is 29.1 Å². The normalized spacial score (nSPS) is 26.1. The Morgan fingerprint density at radius 2 is 1.49 bits per heavy atom. The van der Waals surface area contributed by atoms with Gasteiger partial charge in [-0.1, -0.05) is 26.0 Å². The molecular formula is C25H32O10. The summed E-state index contributed by atoms with van der Waals surface area (Å²) < 4.78 is 16.2. The number of phenolic OH excluding ortho intramolecular Hbond substituents is 2. The van der Waals surface area contributed by atoms with Gasteiger partial charge in [-0.05, 0) is 60.1 Å². The predicted octanol–water partition coefficient (Wildman–Crippen LogP) is 1.43. The maximum atomic E-state index is 11.3. The van der Waals surface area contributed by atoms with E-state index in [1.165, 1.54) is 13.2 Å². The number of methoxy groups -OCH3 is 1. The molecule has 1 fully saturated rings.